The minimum atomic E-state index is -0.570. The molecule has 1 aliphatic carbocycles. The number of fused-ring (bicyclic) bond motifs is 1. The van der Waals surface area contributed by atoms with Crippen molar-refractivity contribution in [3.05, 3.63) is 118 Å². The van der Waals surface area contributed by atoms with Crippen molar-refractivity contribution in [2.45, 2.75) is 19.3 Å². The van der Waals surface area contributed by atoms with E-state index in [2.05, 4.69) is 15.5 Å². The normalized spacial score (nSPS) is 13.0. The second kappa shape index (κ2) is 9.69. The Balaban J connectivity index is 1.44. The largest absolute Gasteiger partial charge is 0.322 e. The Hall–Kier alpha value is -4.65. The molecule has 0 atom stereocenters. The number of hydrogen-bond acceptors (Lipinski definition) is 5. The topological polar surface area (TPSA) is 92.9 Å². The minimum absolute atomic E-state index is 0.0573. The van der Waals surface area contributed by atoms with Crippen LogP contribution in [-0.4, -0.2) is 16.3 Å². The summed E-state index contributed by atoms with van der Waals surface area (Å²) in [5.41, 5.74) is 3.06. The van der Waals surface area contributed by atoms with E-state index in [1.807, 2.05) is 48.5 Å². The molecule has 0 spiro atoms. The van der Waals surface area contributed by atoms with Crippen molar-refractivity contribution in [1.29, 1.82) is 0 Å². The number of Topliss-reactive ketones (excluding diaryl/α,β-unsaturated/α-hetero) is 1. The van der Waals surface area contributed by atoms with E-state index < -0.39 is 11.5 Å². The zero-order valence-corrected chi connectivity index (χ0v) is 18.8. The Morgan fingerprint density at radius 3 is 2.09 bits per heavy atom. The van der Waals surface area contributed by atoms with E-state index in [1.165, 1.54) is 10.6 Å². The van der Waals surface area contributed by atoms with E-state index in [-0.39, 0.29) is 11.3 Å². The van der Waals surface area contributed by atoms with Crippen molar-refractivity contribution in [3.8, 4) is 5.69 Å². The second-order valence-corrected chi connectivity index (χ2v) is 8.21. The average molecular weight is 463 g/mol. The fourth-order valence-electron chi connectivity index (χ4n) is 4.12. The third kappa shape index (κ3) is 4.70. The lowest BCUT2D eigenvalue weighted by Crippen LogP contribution is -2.33. The van der Waals surface area contributed by atoms with Gasteiger partial charge in [-0.05, 0) is 67.4 Å². The van der Waals surface area contributed by atoms with Crippen LogP contribution in [0.1, 0.15) is 39.3 Å². The van der Waals surface area contributed by atoms with E-state index in [1.54, 1.807) is 36.4 Å². The summed E-state index contributed by atoms with van der Waals surface area (Å²) in [6, 6.07) is 26.7. The van der Waals surface area contributed by atoms with Gasteiger partial charge in [-0.2, -0.15) is 10.2 Å². The van der Waals surface area contributed by atoms with Gasteiger partial charge >= 0.3 is 0 Å². The first-order valence-electron chi connectivity index (χ1n) is 11.4. The van der Waals surface area contributed by atoms with Gasteiger partial charge in [-0.15, -0.1) is 0 Å². The van der Waals surface area contributed by atoms with Crippen LogP contribution in [0.4, 0.5) is 17.1 Å². The highest BCUT2D eigenvalue weighted by Crippen LogP contribution is 2.24. The van der Waals surface area contributed by atoms with Crippen molar-refractivity contribution in [1.82, 2.24) is 4.57 Å². The summed E-state index contributed by atoms with van der Waals surface area (Å²) in [6.07, 6.45) is 1.68. The fourth-order valence-corrected chi connectivity index (χ4v) is 4.12. The molecule has 7 nitrogen and oxygen atoms in total. The predicted octanol–water partition coefficient (Wildman–Crippen LogP) is 6.02. The number of pyridine rings is 1. The molecule has 1 aromatic heterocycles. The van der Waals surface area contributed by atoms with E-state index in [0.717, 1.165) is 5.69 Å². The maximum absolute atomic E-state index is 13.4. The Morgan fingerprint density at radius 1 is 0.771 bits per heavy atom. The summed E-state index contributed by atoms with van der Waals surface area (Å²) < 4.78 is 1.49. The lowest BCUT2D eigenvalue weighted by atomic mass is 9.92. The van der Waals surface area contributed by atoms with Crippen LogP contribution in [0.25, 0.3) is 5.69 Å². The number of rotatable bonds is 5. The SMILES string of the molecule is O=C1CCCc2c1cc(C(=O)Nc1ccc(N=Nc3ccccc3)cc1)c(=O)n2-c1ccccc1. The van der Waals surface area contributed by atoms with E-state index in [0.29, 0.717) is 47.6 Å². The van der Waals surface area contributed by atoms with Crippen molar-refractivity contribution >= 4 is 28.8 Å². The highest BCUT2D eigenvalue weighted by molar-refractivity contribution is 6.06. The number of anilines is 1. The molecule has 0 aliphatic heterocycles. The highest BCUT2D eigenvalue weighted by Gasteiger charge is 2.26. The van der Waals surface area contributed by atoms with Gasteiger partial charge < -0.3 is 5.32 Å². The van der Waals surface area contributed by atoms with Gasteiger partial charge in [-0.25, -0.2) is 0 Å². The molecule has 35 heavy (non-hydrogen) atoms. The number of nitrogens with one attached hydrogen (secondary N) is 1. The van der Waals surface area contributed by atoms with Crippen LogP contribution in [0.2, 0.25) is 0 Å². The maximum atomic E-state index is 13.4. The Morgan fingerprint density at radius 2 is 1.40 bits per heavy atom. The molecule has 0 radical (unpaired) electrons. The van der Waals surface area contributed by atoms with Gasteiger partial charge in [0.15, 0.2) is 5.78 Å². The zero-order chi connectivity index (χ0) is 24.2. The summed E-state index contributed by atoms with van der Waals surface area (Å²) in [7, 11) is 0. The summed E-state index contributed by atoms with van der Waals surface area (Å²) >= 11 is 0. The van der Waals surface area contributed by atoms with Gasteiger partial charge in [0.05, 0.1) is 11.4 Å². The highest BCUT2D eigenvalue weighted by atomic mass is 16.2. The Kier molecular flexibility index (Phi) is 6.13. The predicted molar refractivity (Wildman–Crippen MR) is 134 cm³/mol. The molecular formula is C28H22N4O3. The Labute approximate surface area is 201 Å². The maximum Gasteiger partial charge on any atom is 0.268 e. The Bertz CT molecular complexity index is 1470. The van der Waals surface area contributed by atoms with Gasteiger partial charge in [0.2, 0.25) is 0 Å². The van der Waals surface area contributed by atoms with Gasteiger partial charge in [0.25, 0.3) is 11.5 Å². The first kappa shape index (κ1) is 22.2. The van der Waals surface area contributed by atoms with E-state index in [4.69, 9.17) is 0 Å². The molecule has 1 aliphatic rings. The molecule has 4 aromatic rings. The van der Waals surface area contributed by atoms with Gasteiger partial charge in [0.1, 0.15) is 5.56 Å². The number of aromatic nitrogens is 1. The van der Waals surface area contributed by atoms with Crippen LogP contribution in [-0.2, 0) is 6.42 Å². The van der Waals surface area contributed by atoms with E-state index in [9.17, 15) is 14.4 Å². The molecule has 0 saturated carbocycles. The van der Waals surface area contributed by atoms with Crippen LogP contribution in [0.5, 0.6) is 0 Å². The van der Waals surface area contributed by atoms with Crippen molar-refractivity contribution < 1.29 is 9.59 Å². The monoisotopic (exact) mass is 462 g/mol. The summed E-state index contributed by atoms with van der Waals surface area (Å²) in [6.45, 7) is 0. The molecule has 0 fully saturated rings. The van der Waals surface area contributed by atoms with Crippen LogP contribution in [0, 0.1) is 0 Å². The van der Waals surface area contributed by atoms with Crippen molar-refractivity contribution in [2.75, 3.05) is 5.32 Å². The molecule has 172 valence electrons. The third-order valence-electron chi connectivity index (χ3n) is 5.84. The quantitative estimate of drug-likeness (QED) is 0.367. The van der Waals surface area contributed by atoms with Crippen molar-refractivity contribution in [2.24, 2.45) is 10.2 Å². The molecule has 1 heterocycles. The first-order chi connectivity index (χ1) is 17.1. The average Bonchev–Trinajstić information content (AvgIpc) is 2.89. The number of nitrogens with zero attached hydrogens (tertiary/aromatic N) is 3. The first-order valence-corrected chi connectivity index (χ1v) is 11.4. The molecular weight excluding hydrogens is 440 g/mol. The standard InChI is InChI=1S/C28H22N4O3/c33-26-13-7-12-25-23(26)18-24(28(35)32(25)22-10-5-2-6-11-22)27(34)29-19-14-16-21(17-15-19)31-30-20-8-3-1-4-9-20/h1-6,8-11,14-18H,7,12-13H2,(H,29,34). The second-order valence-electron chi connectivity index (χ2n) is 8.21. The molecule has 0 bridgehead atoms. The van der Waals surface area contributed by atoms with Crippen LogP contribution < -0.4 is 10.9 Å². The number of carbonyl (C=O) groups is 2. The molecule has 0 saturated heterocycles. The lowest BCUT2D eigenvalue weighted by Gasteiger charge is -2.21. The van der Waals surface area contributed by atoms with Crippen LogP contribution in [0.3, 0.4) is 0 Å². The third-order valence-corrected chi connectivity index (χ3v) is 5.84. The molecule has 7 heteroatoms. The smallest absolute Gasteiger partial charge is 0.268 e. The van der Waals surface area contributed by atoms with E-state index >= 15 is 0 Å². The number of benzene rings is 3. The van der Waals surface area contributed by atoms with Crippen LogP contribution in [0.15, 0.2) is 106 Å². The van der Waals surface area contributed by atoms with Gasteiger partial charge in [-0.1, -0.05) is 36.4 Å². The molecule has 1 amide bonds. The molecule has 3 aromatic carbocycles. The number of ketones is 1. The number of para-hydroxylation sites is 1. The van der Waals surface area contributed by atoms with Crippen molar-refractivity contribution in [3.63, 3.8) is 0 Å². The summed E-state index contributed by atoms with van der Waals surface area (Å²) in [5.74, 6) is -0.627. The molecule has 0 unspecified atom stereocenters. The number of azo groups is 1. The lowest BCUT2D eigenvalue weighted by molar-refractivity contribution is 0.0971. The van der Waals surface area contributed by atoms with Gasteiger partial charge in [-0.3, -0.25) is 19.0 Å². The summed E-state index contributed by atoms with van der Waals surface area (Å²) in [4.78, 5) is 39.2. The number of hydrogen-bond donors (Lipinski definition) is 1. The number of carbonyl (C=O) groups excluding carboxylic acids is 2. The summed E-state index contributed by atoms with van der Waals surface area (Å²) in [5, 5.41) is 11.1. The molecule has 5 rings (SSSR count). The molecule has 1 N–H and O–H groups in total. The number of amides is 1. The zero-order valence-electron chi connectivity index (χ0n) is 18.8. The van der Waals surface area contributed by atoms with Crippen LogP contribution >= 0.6 is 0 Å². The fraction of sp³-hybridized carbons (Fsp3) is 0.107. The van der Waals surface area contributed by atoms with Gasteiger partial charge in [0, 0.05) is 29.1 Å². The minimum Gasteiger partial charge on any atom is -0.322 e.